The number of hydrogen-bond acceptors (Lipinski definition) is 4. The van der Waals surface area contributed by atoms with Gasteiger partial charge in [0.25, 0.3) is 0 Å². The molecular weight excluding hydrogens is 344 g/mol. The minimum atomic E-state index is 0.302. The predicted molar refractivity (Wildman–Crippen MR) is 109 cm³/mol. The number of fused-ring (bicyclic) bond motifs is 1. The molecule has 1 amide bonds. The van der Waals surface area contributed by atoms with Crippen LogP contribution in [-0.4, -0.2) is 43.3 Å². The molecule has 2 aliphatic heterocycles. The monoisotopic (exact) mass is 370 g/mol. The lowest BCUT2D eigenvalue weighted by Gasteiger charge is -2.40. The molecule has 4 rings (SSSR count). The van der Waals surface area contributed by atoms with Crippen molar-refractivity contribution in [1.29, 1.82) is 5.41 Å². The molecule has 1 aromatic heterocycles. The van der Waals surface area contributed by atoms with E-state index in [2.05, 4.69) is 58.3 Å². The highest BCUT2D eigenvalue weighted by Gasteiger charge is 2.32. The number of benzene rings is 1. The van der Waals surface area contributed by atoms with Gasteiger partial charge in [-0.1, -0.05) is 12.1 Å². The lowest BCUT2D eigenvalue weighted by atomic mass is 9.94. The molecule has 3 heterocycles. The first-order valence-electron chi connectivity index (χ1n) is 9.02. The van der Waals surface area contributed by atoms with Gasteiger partial charge in [0.2, 0.25) is 5.91 Å². The molecule has 0 aliphatic carbocycles. The largest absolute Gasteiger partial charge is 0.390 e. The molecule has 0 spiro atoms. The van der Waals surface area contributed by atoms with E-state index in [1.807, 2.05) is 0 Å². The summed E-state index contributed by atoms with van der Waals surface area (Å²) in [4.78, 5) is 18.3. The number of thiophene rings is 1. The lowest BCUT2D eigenvalue weighted by Crippen LogP contribution is -2.48. The van der Waals surface area contributed by atoms with Crippen molar-refractivity contribution in [3.05, 3.63) is 41.3 Å². The zero-order valence-corrected chi connectivity index (χ0v) is 16.0. The number of anilines is 1. The Labute approximate surface area is 158 Å². The highest BCUT2D eigenvalue weighted by molar-refractivity contribution is 7.13. The van der Waals surface area contributed by atoms with Gasteiger partial charge >= 0.3 is 0 Å². The van der Waals surface area contributed by atoms with Crippen LogP contribution in [0.5, 0.6) is 0 Å². The number of carbonyl (C=O) groups is 1. The van der Waals surface area contributed by atoms with Gasteiger partial charge in [-0.25, -0.2) is 0 Å². The molecule has 26 heavy (non-hydrogen) atoms. The van der Waals surface area contributed by atoms with E-state index >= 15 is 0 Å². The quantitative estimate of drug-likeness (QED) is 0.629. The summed E-state index contributed by atoms with van der Waals surface area (Å²) in [5.41, 5.74) is 8.14. The van der Waals surface area contributed by atoms with Crippen molar-refractivity contribution < 1.29 is 4.79 Å². The summed E-state index contributed by atoms with van der Waals surface area (Å²) >= 11 is 1.77. The number of nitrogens with zero attached hydrogens (tertiary/aromatic N) is 2. The fourth-order valence-corrected chi connectivity index (χ4v) is 4.49. The minimum absolute atomic E-state index is 0.302. The van der Waals surface area contributed by atoms with Crippen LogP contribution < -0.4 is 10.6 Å². The molecule has 1 aromatic carbocycles. The second-order valence-electron chi connectivity index (χ2n) is 6.79. The molecule has 0 unspecified atom stereocenters. The molecule has 2 aliphatic rings. The summed E-state index contributed by atoms with van der Waals surface area (Å²) in [5.74, 6) is 0.302. The number of hydrogen-bond donors (Lipinski definition) is 2. The summed E-state index contributed by atoms with van der Waals surface area (Å²) in [5, 5.41) is 7.98. The molecule has 0 atom stereocenters. The zero-order chi connectivity index (χ0) is 18.5. The van der Waals surface area contributed by atoms with E-state index in [-0.39, 0.29) is 0 Å². The highest BCUT2D eigenvalue weighted by atomic mass is 32.1. The number of likely N-dealkylation sites (tertiary alicyclic amines) is 1. The Morgan fingerprint density at radius 1 is 1.23 bits per heavy atom. The number of piperidine rings is 1. The average Bonchev–Trinajstić information content (AvgIpc) is 3.18. The van der Waals surface area contributed by atoms with Gasteiger partial charge in [-0.15, -0.1) is 11.3 Å². The molecule has 0 radical (unpaired) electrons. The minimum Gasteiger partial charge on any atom is -0.390 e. The zero-order valence-electron chi connectivity index (χ0n) is 15.1. The van der Waals surface area contributed by atoms with Gasteiger partial charge in [-0.05, 0) is 74.1 Å². The number of amides is 1. The van der Waals surface area contributed by atoms with E-state index in [4.69, 9.17) is 5.41 Å². The maximum absolute atomic E-state index is 12.6. The highest BCUT2D eigenvalue weighted by Crippen LogP contribution is 2.36. The summed E-state index contributed by atoms with van der Waals surface area (Å²) in [7, 11) is 2.16. The van der Waals surface area contributed by atoms with Crippen molar-refractivity contribution in [2.45, 2.75) is 31.7 Å². The van der Waals surface area contributed by atoms with Crippen LogP contribution in [0.3, 0.4) is 0 Å². The van der Waals surface area contributed by atoms with Crippen LogP contribution in [0, 0.1) is 5.41 Å². The molecule has 1 saturated heterocycles. The number of carbonyl (C=O) groups excluding carboxylic acids is 1. The van der Waals surface area contributed by atoms with Gasteiger partial charge in [0.15, 0.2) is 0 Å². The van der Waals surface area contributed by atoms with Gasteiger partial charge in [-0.3, -0.25) is 10.2 Å². The van der Waals surface area contributed by atoms with Gasteiger partial charge in [0.1, 0.15) is 0 Å². The first-order valence-corrected chi connectivity index (χ1v) is 9.90. The number of aryl methyl sites for hydroxylation is 1. The molecule has 1 fully saturated rings. The normalized spacial score (nSPS) is 18.0. The molecular formula is C20H26N4OS. The van der Waals surface area contributed by atoms with Crippen molar-refractivity contribution in [1.82, 2.24) is 4.90 Å². The van der Waals surface area contributed by atoms with Crippen molar-refractivity contribution >= 4 is 29.3 Å². The van der Waals surface area contributed by atoms with Crippen LogP contribution in [0.1, 0.15) is 24.8 Å². The van der Waals surface area contributed by atoms with E-state index in [9.17, 15) is 4.79 Å². The molecule has 2 aromatic rings. The van der Waals surface area contributed by atoms with Gasteiger partial charge in [0, 0.05) is 23.0 Å². The summed E-state index contributed by atoms with van der Waals surface area (Å²) < 4.78 is 0. The first-order chi connectivity index (χ1) is 12.6. The Bertz CT molecular complexity index is 751. The Hall–Kier alpha value is -2.18. The second-order valence-corrected chi connectivity index (χ2v) is 7.73. The van der Waals surface area contributed by atoms with Crippen molar-refractivity contribution in [3.8, 4) is 10.4 Å². The third-order valence-corrected chi connectivity index (χ3v) is 5.99. The molecule has 0 saturated carbocycles. The van der Waals surface area contributed by atoms with E-state index in [0.717, 1.165) is 44.4 Å². The predicted octanol–water partition coefficient (Wildman–Crippen LogP) is 3.34. The van der Waals surface area contributed by atoms with Crippen LogP contribution in [0.2, 0.25) is 0 Å². The van der Waals surface area contributed by atoms with Gasteiger partial charge < -0.3 is 15.5 Å². The van der Waals surface area contributed by atoms with E-state index in [1.165, 1.54) is 16.0 Å². The average molecular weight is 371 g/mol. The van der Waals surface area contributed by atoms with E-state index in [0.29, 0.717) is 18.4 Å². The van der Waals surface area contributed by atoms with E-state index < -0.39 is 0 Å². The second kappa shape index (κ2) is 8.47. The molecule has 6 heteroatoms. The Kier molecular flexibility index (Phi) is 6.06. The molecule has 3 N–H and O–H groups in total. The summed E-state index contributed by atoms with van der Waals surface area (Å²) in [6.45, 7) is 2.16. The smallest absolute Gasteiger partial charge is 0.227 e. The fourth-order valence-electron chi connectivity index (χ4n) is 3.77. The third kappa shape index (κ3) is 3.97. The lowest BCUT2D eigenvalue weighted by molar-refractivity contribution is -0.119. The van der Waals surface area contributed by atoms with Crippen molar-refractivity contribution in [2.24, 2.45) is 5.73 Å². The van der Waals surface area contributed by atoms with Crippen LogP contribution in [0.15, 0.2) is 35.7 Å². The third-order valence-electron chi connectivity index (χ3n) is 5.07. The fraction of sp³-hybridized carbons (Fsp3) is 0.400. The molecule has 138 valence electrons. The Morgan fingerprint density at radius 2 is 1.96 bits per heavy atom. The number of nitrogens with two attached hydrogens (primary N) is 1. The van der Waals surface area contributed by atoms with Gasteiger partial charge in [-0.2, -0.15) is 0 Å². The summed E-state index contributed by atoms with van der Waals surface area (Å²) in [6.07, 6.45) is 4.42. The molecule has 5 nitrogen and oxygen atoms in total. The number of nitrogens with one attached hydrogen (secondary N) is 1. The van der Waals surface area contributed by atoms with Crippen LogP contribution in [0.25, 0.3) is 10.4 Å². The maximum atomic E-state index is 12.6. The standard InChI is InChI=1S/C19H22N2OS.CH4N2/c1-20-10-8-16(9-11-20)21-17-6-4-15(18-3-2-12-23-18)13-14(17)5-7-19(21)22;2-1-3/h2-4,6,12-13,16H,5,7-11H2,1H3;1H,(H3,2,3). The first kappa shape index (κ1) is 18.6. The van der Waals surface area contributed by atoms with Crippen LogP contribution >= 0.6 is 11.3 Å². The van der Waals surface area contributed by atoms with E-state index in [1.54, 1.807) is 11.3 Å². The Balaban J connectivity index is 0.000000613. The number of rotatable bonds is 2. The van der Waals surface area contributed by atoms with Crippen molar-refractivity contribution in [2.75, 3.05) is 25.0 Å². The SMILES string of the molecule is CN1CCC(N2C(=O)CCc3cc(-c4cccs4)ccc32)CC1.N=CN. The van der Waals surface area contributed by atoms with Crippen LogP contribution in [0.4, 0.5) is 5.69 Å². The topological polar surface area (TPSA) is 73.4 Å². The molecule has 0 bridgehead atoms. The van der Waals surface area contributed by atoms with Gasteiger partial charge in [0.05, 0.1) is 6.34 Å². The Morgan fingerprint density at radius 3 is 2.62 bits per heavy atom. The summed E-state index contributed by atoms with van der Waals surface area (Å²) in [6, 6.07) is 11.2. The van der Waals surface area contributed by atoms with Crippen LogP contribution in [-0.2, 0) is 11.2 Å². The maximum Gasteiger partial charge on any atom is 0.227 e. The van der Waals surface area contributed by atoms with Crippen molar-refractivity contribution in [3.63, 3.8) is 0 Å².